The number of halogens is 2. The molecule has 1 aromatic heterocycles. The van der Waals surface area contributed by atoms with Crippen molar-refractivity contribution in [2.24, 2.45) is 5.14 Å². The summed E-state index contributed by atoms with van der Waals surface area (Å²) in [6.07, 6.45) is -3.10. The highest BCUT2D eigenvalue weighted by Crippen LogP contribution is 2.21. The second-order valence-corrected chi connectivity index (χ2v) is 3.98. The van der Waals surface area contributed by atoms with Crippen LogP contribution in [0.1, 0.15) is 12.1 Å². The quantitative estimate of drug-likeness (QED) is 0.738. The molecule has 0 amide bonds. The van der Waals surface area contributed by atoms with Crippen molar-refractivity contribution in [1.82, 2.24) is 4.98 Å². The zero-order valence-electron chi connectivity index (χ0n) is 6.70. The molecule has 0 aromatic carbocycles. The van der Waals surface area contributed by atoms with Crippen molar-refractivity contribution in [3.05, 3.63) is 28.2 Å². The van der Waals surface area contributed by atoms with Gasteiger partial charge >= 0.3 is 0 Å². The second kappa shape index (κ2) is 3.46. The van der Waals surface area contributed by atoms with E-state index in [0.29, 0.717) is 0 Å². The maximum absolute atomic E-state index is 12.2. The van der Waals surface area contributed by atoms with Crippen molar-refractivity contribution >= 4 is 10.0 Å². The van der Waals surface area contributed by atoms with E-state index in [1.807, 2.05) is 0 Å². The molecule has 0 unspecified atom stereocenters. The fraction of sp³-hybridized carbons (Fsp3) is 0.167. The summed E-state index contributed by atoms with van der Waals surface area (Å²) in [5, 5.41) is 4.66. The first kappa shape index (κ1) is 10.8. The van der Waals surface area contributed by atoms with E-state index in [1.165, 1.54) is 0 Å². The number of hydrogen-bond donors (Lipinski definition) is 2. The molecular formula is C6H6F2N2O3S. The minimum absolute atomic E-state index is 0.746. The summed E-state index contributed by atoms with van der Waals surface area (Å²) in [7, 11) is -4.25. The molecule has 1 aromatic rings. The van der Waals surface area contributed by atoms with Crippen LogP contribution in [0.5, 0.6) is 0 Å². The van der Waals surface area contributed by atoms with Gasteiger partial charge in [-0.15, -0.1) is 0 Å². The molecule has 0 bridgehead atoms. The molecule has 0 aliphatic heterocycles. The molecule has 0 saturated carbocycles. The number of aromatic nitrogens is 1. The summed E-state index contributed by atoms with van der Waals surface area (Å²) in [5.74, 6) is 0. The Bertz CT molecular complexity index is 494. The molecule has 0 spiro atoms. The number of alkyl halides is 2. The maximum Gasteiger partial charge on any atom is 0.279 e. The lowest BCUT2D eigenvalue weighted by molar-refractivity contribution is 0.142. The Hall–Kier alpha value is -1.28. The van der Waals surface area contributed by atoms with Gasteiger partial charge in [-0.1, -0.05) is 0 Å². The van der Waals surface area contributed by atoms with E-state index in [2.05, 4.69) is 5.14 Å². The zero-order chi connectivity index (χ0) is 10.9. The Morgan fingerprint density at radius 3 is 2.36 bits per heavy atom. The summed E-state index contributed by atoms with van der Waals surface area (Å²) in [4.78, 5) is 11.6. The van der Waals surface area contributed by atoms with Gasteiger partial charge in [-0.3, -0.25) is 4.79 Å². The largest absolute Gasteiger partial charge is 0.320 e. The molecular weight excluding hydrogens is 218 g/mol. The molecule has 14 heavy (non-hydrogen) atoms. The molecule has 3 N–H and O–H groups in total. The predicted octanol–water partition coefficient (Wildman–Crippen LogP) is -0.0401. The minimum Gasteiger partial charge on any atom is -0.320 e. The molecule has 8 heteroatoms. The van der Waals surface area contributed by atoms with Crippen molar-refractivity contribution in [1.29, 1.82) is 0 Å². The van der Waals surface area contributed by atoms with Gasteiger partial charge < -0.3 is 4.98 Å². The van der Waals surface area contributed by atoms with Gasteiger partial charge in [0, 0.05) is 6.07 Å². The number of sulfonamides is 1. The second-order valence-electron chi connectivity index (χ2n) is 2.45. The number of pyridine rings is 1. The fourth-order valence-corrected chi connectivity index (χ4v) is 1.59. The van der Waals surface area contributed by atoms with Crippen LogP contribution in [0, 0.1) is 0 Å². The highest BCUT2D eigenvalue weighted by molar-refractivity contribution is 7.89. The number of nitrogens with two attached hydrogens (primary N) is 1. The maximum atomic E-state index is 12.2. The Balaban J connectivity index is 3.53. The molecule has 0 saturated heterocycles. The van der Waals surface area contributed by atoms with E-state index >= 15 is 0 Å². The first-order valence-corrected chi connectivity index (χ1v) is 4.91. The Labute approximate surface area is 77.6 Å². The van der Waals surface area contributed by atoms with Gasteiger partial charge in [-0.2, -0.15) is 0 Å². The highest BCUT2D eigenvalue weighted by atomic mass is 32.2. The van der Waals surface area contributed by atoms with Gasteiger partial charge in [0.2, 0.25) is 15.6 Å². The predicted molar refractivity (Wildman–Crippen MR) is 43.4 cm³/mol. The first-order chi connectivity index (χ1) is 6.32. The van der Waals surface area contributed by atoms with Crippen LogP contribution in [0.15, 0.2) is 21.8 Å². The van der Waals surface area contributed by atoms with Gasteiger partial charge in [0.05, 0.1) is 0 Å². The number of nitrogens with one attached hydrogen (secondary N) is 1. The minimum atomic E-state index is -4.25. The number of H-pyrrole nitrogens is 1. The monoisotopic (exact) mass is 224 g/mol. The standard InChI is InChI=1S/C6H6F2N2O3S/c7-6(8)5-3(14(9,12)13)1-2-4(11)10-5/h1-2,6H,(H,10,11)(H2,9,12,13). The van der Waals surface area contributed by atoms with E-state index in [-0.39, 0.29) is 0 Å². The molecule has 78 valence electrons. The number of hydrogen-bond acceptors (Lipinski definition) is 3. The zero-order valence-corrected chi connectivity index (χ0v) is 7.51. The molecule has 5 nitrogen and oxygen atoms in total. The lowest BCUT2D eigenvalue weighted by atomic mass is 10.3. The lowest BCUT2D eigenvalue weighted by Crippen LogP contribution is -2.19. The van der Waals surface area contributed by atoms with Crippen LogP contribution in [-0.2, 0) is 10.0 Å². The molecule has 0 aliphatic rings. The Morgan fingerprint density at radius 2 is 1.93 bits per heavy atom. The van der Waals surface area contributed by atoms with E-state index in [9.17, 15) is 22.0 Å². The van der Waals surface area contributed by atoms with Gasteiger partial charge in [0.25, 0.3) is 6.43 Å². The first-order valence-electron chi connectivity index (χ1n) is 3.36. The molecule has 1 rings (SSSR count). The van der Waals surface area contributed by atoms with Crippen molar-refractivity contribution < 1.29 is 17.2 Å². The molecule has 0 fully saturated rings. The van der Waals surface area contributed by atoms with Gasteiger partial charge in [0.1, 0.15) is 10.6 Å². The average Bonchev–Trinajstić information content (AvgIpc) is 2.01. The number of aromatic amines is 1. The number of primary sulfonamides is 1. The Kier molecular flexibility index (Phi) is 2.67. The van der Waals surface area contributed by atoms with E-state index in [0.717, 1.165) is 12.1 Å². The van der Waals surface area contributed by atoms with Crippen LogP contribution < -0.4 is 10.7 Å². The van der Waals surface area contributed by atoms with E-state index < -0.39 is 32.6 Å². The Morgan fingerprint density at radius 1 is 1.36 bits per heavy atom. The van der Waals surface area contributed by atoms with E-state index in [4.69, 9.17) is 0 Å². The highest BCUT2D eigenvalue weighted by Gasteiger charge is 2.21. The van der Waals surface area contributed by atoms with Crippen molar-refractivity contribution in [3.8, 4) is 0 Å². The van der Waals surface area contributed by atoms with Crippen LogP contribution in [0.4, 0.5) is 8.78 Å². The average molecular weight is 224 g/mol. The summed E-state index contributed by atoms with van der Waals surface area (Å²) in [5.41, 5.74) is -1.80. The summed E-state index contributed by atoms with van der Waals surface area (Å²) >= 11 is 0. The van der Waals surface area contributed by atoms with Crippen molar-refractivity contribution in [2.75, 3.05) is 0 Å². The topological polar surface area (TPSA) is 93.0 Å². The van der Waals surface area contributed by atoms with Gasteiger partial charge in [-0.05, 0) is 6.07 Å². The third-order valence-electron chi connectivity index (χ3n) is 1.43. The smallest absolute Gasteiger partial charge is 0.279 e. The van der Waals surface area contributed by atoms with Crippen molar-refractivity contribution in [2.45, 2.75) is 11.3 Å². The van der Waals surface area contributed by atoms with Gasteiger partial charge in [0.15, 0.2) is 0 Å². The van der Waals surface area contributed by atoms with Crippen LogP contribution in [0.2, 0.25) is 0 Å². The molecule has 0 atom stereocenters. The summed E-state index contributed by atoms with van der Waals surface area (Å²) in [6, 6.07) is 1.56. The fourth-order valence-electron chi connectivity index (χ4n) is 0.887. The van der Waals surface area contributed by atoms with Crippen LogP contribution in [-0.4, -0.2) is 13.4 Å². The van der Waals surface area contributed by atoms with Crippen LogP contribution >= 0.6 is 0 Å². The van der Waals surface area contributed by atoms with Crippen LogP contribution in [0.3, 0.4) is 0 Å². The van der Waals surface area contributed by atoms with Crippen LogP contribution in [0.25, 0.3) is 0 Å². The third kappa shape index (κ3) is 2.15. The molecule has 1 heterocycles. The molecule has 0 aliphatic carbocycles. The summed E-state index contributed by atoms with van der Waals surface area (Å²) < 4.78 is 46.1. The summed E-state index contributed by atoms with van der Waals surface area (Å²) in [6.45, 7) is 0. The van der Waals surface area contributed by atoms with Crippen molar-refractivity contribution in [3.63, 3.8) is 0 Å². The lowest BCUT2D eigenvalue weighted by Gasteiger charge is -2.04. The third-order valence-corrected chi connectivity index (χ3v) is 2.40. The van der Waals surface area contributed by atoms with E-state index in [1.54, 1.807) is 4.98 Å². The van der Waals surface area contributed by atoms with Gasteiger partial charge in [-0.25, -0.2) is 22.3 Å². The number of rotatable bonds is 2. The molecule has 0 radical (unpaired) electrons. The SMILES string of the molecule is NS(=O)(=O)c1ccc(=O)[nH]c1C(F)F. The normalized spacial score (nSPS) is 12.0.